The highest BCUT2D eigenvalue weighted by molar-refractivity contribution is 5.94. The standard InChI is InChI=1S/C14H11N3O3/c1-9(7-15)19-14(18)12-10(2)20-13(11(12)8-16)17-5-3-4-6-17/h3-6,9H,1-2H3/t9-/m1/s1. The average Bonchev–Trinajstić information content (AvgIpc) is 3.04. The first-order valence-electron chi connectivity index (χ1n) is 5.86. The molecule has 6 heteroatoms. The highest BCUT2D eigenvalue weighted by Gasteiger charge is 2.26. The van der Waals surface area contributed by atoms with E-state index in [-0.39, 0.29) is 22.8 Å². The lowest BCUT2D eigenvalue weighted by atomic mass is 10.1. The SMILES string of the molecule is Cc1oc(-n2cccc2)c(C#N)c1C(=O)O[C@H](C)C#N. The number of carbonyl (C=O) groups excluding carboxylic acids is 1. The number of nitriles is 2. The molecule has 0 unspecified atom stereocenters. The van der Waals surface area contributed by atoms with Crippen LogP contribution in [0.4, 0.5) is 0 Å². The largest absolute Gasteiger partial charge is 0.444 e. The highest BCUT2D eigenvalue weighted by Crippen LogP contribution is 2.26. The summed E-state index contributed by atoms with van der Waals surface area (Å²) >= 11 is 0. The van der Waals surface area contributed by atoms with E-state index in [1.165, 1.54) is 6.92 Å². The minimum Gasteiger partial charge on any atom is -0.444 e. The van der Waals surface area contributed by atoms with Crippen molar-refractivity contribution in [3.05, 3.63) is 41.4 Å². The molecular weight excluding hydrogens is 258 g/mol. The molecule has 6 nitrogen and oxygen atoms in total. The third kappa shape index (κ3) is 2.27. The fourth-order valence-electron chi connectivity index (χ4n) is 1.78. The summed E-state index contributed by atoms with van der Waals surface area (Å²) in [6.07, 6.45) is 2.51. The molecule has 0 N–H and O–H groups in total. The van der Waals surface area contributed by atoms with Crippen LogP contribution in [-0.4, -0.2) is 16.6 Å². The van der Waals surface area contributed by atoms with Gasteiger partial charge in [-0.05, 0) is 26.0 Å². The second-order valence-corrected chi connectivity index (χ2v) is 4.09. The molecule has 0 spiro atoms. The van der Waals surface area contributed by atoms with Crippen molar-refractivity contribution in [3.8, 4) is 18.0 Å². The van der Waals surface area contributed by atoms with Gasteiger partial charge >= 0.3 is 5.97 Å². The monoisotopic (exact) mass is 269 g/mol. The Labute approximate surface area is 115 Å². The number of furan rings is 1. The van der Waals surface area contributed by atoms with E-state index < -0.39 is 12.1 Å². The van der Waals surface area contributed by atoms with Crippen LogP contribution in [0.15, 0.2) is 28.9 Å². The van der Waals surface area contributed by atoms with E-state index in [0.717, 1.165) is 0 Å². The topological polar surface area (TPSA) is 91.9 Å². The number of nitrogens with zero attached hydrogens (tertiary/aromatic N) is 3. The fourth-order valence-corrected chi connectivity index (χ4v) is 1.78. The zero-order chi connectivity index (χ0) is 14.7. The molecule has 0 radical (unpaired) electrons. The van der Waals surface area contributed by atoms with Crippen molar-refractivity contribution in [1.82, 2.24) is 4.57 Å². The van der Waals surface area contributed by atoms with E-state index in [0.29, 0.717) is 0 Å². The molecule has 0 aliphatic rings. The van der Waals surface area contributed by atoms with Crippen LogP contribution in [-0.2, 0) is 4.74 Å². The summed E-state index contributed by atoms with van der Waals surface area (Å²) in [6.45, 7) is 3.02. The molecule has 0 amide bonds. The molecule has 0 saturated carbocycles. The van der Waals surface area contributed by atoms with Crippen molar-refractivity contribution in [2.45, 2.75) is 20.0 Å². The number of ether oxygens (including phenoxy) is 1. The van der Waals surface area contributed by atoms with Crippen LogP contribution < -0.4 is 0 Å². The molecule has 0 aliphatic heterocycles. The first kappa shape index (κ1) is 13.4. The van der Waals surface area contributed by atoms with Crippen LogP contribution in [0.1, 0.15) is 28.6 Å². The normalized spacial score (nSPS) is 11.4. The lowest BCUT2D eigenvalue weighted by Gasteiger charge is -2.04. The van der Waals surface area contributed by atoms with E-state index >= 15 is 0 Å². The van der Waals surface area contributed by atoms with Gasteiger partial charge in [0.05, 0.1) is 0 Å². The van der Waals surface area contributed by atoms with Gasteiger partial charge in [0.1, 0.15) is 29.0 Å². The lowest BCUT2D eigenvalue weighted by Crippen LogP contribution is -2.14. The molecule has 2 rings (SSSR count). The van der Waals surface area contributed by atoms with Crippen molar-refractivity contribution in [2.75, 3.05) is 0 Å². The Morgan fingerprint density at radius 2 is 2.05 bits per heavy atom. The van der Waals surface area contributed by atoms with Gasteiger partial charge in [0.15, 0.2) is 6.10 Å². The maximum Gasteiger partial charge on any atom is 0.344 e. The van der Waals surface area contributed by atoms with Gasteiger partial charge in [-0.1, -0.05) is 0 Å². The van der Waals surface area contributed by atoms with E-state index in [1.807, 2.05) is 6.07 Å². The van der Waals surface area contributed by atoms with E-state index in [4.69, 9.17) is 14.4 Å². The Kier molecular flexibility index (Phi) is 3.58. The quantitative estimate of drug-likeness (QED) is 0.797. The number of aryl methyl sites for hydroxylation is 1. The number of esters is 1. The Balaban J connectivity index is 2.48. The lowest BCUT2D eigenvalue weighted by molar-refractivity contribution is 0.0433. The number of hydrogen-bond acceptors (Lipinski definition) is 5. The average molecular weight is 269 g/mol. The summed E-state index contributed by atoms with van der Waals surface area (Å²) in [7, 11) is 0. The molecule has 20 heavy (non-hydrogen) atoms. The minimum atomic E-state index is -0.890. The van der Waals surface area contributed by atoms with Crippen molar-refractivity contribution in [1.29, 1.82) is 10.5 Å². The van der Waals surface area contributed by atoms with Gasteiger partial charge in [0.2, 0.25) is 5.88 Å². The number of rotatable bonds is 3. The maximum absolute atomic E-state index is 12.0. The number of hydrogen-bond donors (Lipinski definition) is 0. The summed E-state index contributed by atoms with van der Waals surface area (Å²) in [5.41, 5.74) is 0.145. The molecule has 0 aromatic carbocycles. The Morgan fingerprint density at radius 1 is 1.40 bits per heavy atom. The minimum absolute atomic E-state index is 0.0540. The van der Waals surface area contributed by atoms with E-state index in [1.54, 1.807) is 42.1 Å². The zero-order valence-electron chi connectivity index (χ0n) is 11.0. The summed E-state index contributed by atoms with van der Waals surface area (Å²) in [5, 5.41) is 17.9. The molecule has 0 saturated heterocycles. The van der Waals surface area contributed by atoms with Crippen LogP contribution in [0.2, 0.25) is 0 Å². The fraction of sp³-hybridized carbons (Fsp3) is 0.214. The molecule has 2 heterocycles. The summed E-state index contributed by atoms with van der Waals surface area (Å²) < 4.78 is 12.0. The van der Waals surface area contributed by atoms with Crippen molar-refractivity contribution < 1.29 is 13.9 Å². The van der Waals surface area contributed by atoms with Gasteiger partial charge in [-0.3, -0.25) is 4.57 Å². The number of carbonyl (C=O) groups is 1. The predicted molar refractivity (Wildman–Crippen MR) is 68.0 cm³/mol. The summed E-state index contributed by atoms with van der Waals surface area (Å²) in [5.74, 6) is -0.206. The van der Waals surface area contributed by atoms with Gasteiger partial charge in [0, 0.05) is 12.4 Å². The third-order valence-electron chi connectivity index (χ3n) is 2.69. The first-order valence-corrected chi connectivity index (χ1v) is 5.86. The zero-order valence-corrected chi connectivity index (χ0v) is 11.0. The van der Waals surface area contributed by atoms with Gasteiger partial charge in [-0.15, -0.1) is 0 Å². The van der Waals surface area contributed by atoms with Crippen LogP contribution in [0, 0.1) is 29.6 Å². The molecule has 100 valence electrons. The van der Waals surface area contributed by atoms with E-state index in [9.17, 15) is 10.1 Å². The molecule has 2 aromatic rings. The van der Waals surface area contributed by atoms with Crippen LogP contribution >= 0.6 is 0 Å². The van der Waals surface area contributed by atoms with Crippen LogP contribution in [0.3, 0.4) is 0 Å². The molecule has 0 fully saturated rings. The summed E-state index contributed by atoms with van der Waals surface area (Å²) in [6, 6.07) is 7.29. The Morgan fingerprint density at radius 3 is 2.60 bits per heavy atom. The summed E-state index contributed by atoms with van der Waals surface area (Å²) in [4.78, 5) is 12.0. The van der Waals surface area contributed by atoms with E-state index in [2.05, 4.69) is 0 Å². The van der Waals surface area contributed by atoms with Gasteiger partial charge in [-0.25, -0.2) is 4.79 Å². The maximum atomic E-state index is 12.0. The molecular formula is C14H11N3O3. The van der Waals surface area contributed by atoms with Crippen molar-refractivity contribution in [2.24, 2.45) is 0 Å². The highest BCUT2D eigenvalue weighted by atomic mass is 16.5. The van der Waals surface area contributed by atoms with Gasteiger partial charge < -0.3 is 9.15 Å². The van der Waals surface area contributed by atoms with Crippen LogP contribution in [0.25, 0.3) is 5.88 Å². The smallest absolute Gasteiger partial charge is 0.344 e. The van der Waals surface area contributed by atoms with Gasteiger partial charge in [-0.2, -0.15) is 10.5 Å². The molecule has 2 aromatic heterocycles. The Hall–Kier alpha value is -2.99. The number of aromatic nitrogens is 1. The Bertz CT molecular complexity index is 714. The third-order valence-corrected chi connectivity index (χ3v) is 2.69. The molecule has 0 bridgehead atoms. The van der Waals surface area contributed by atoms with Crippen molar-refractivity contribution >= 4 is 5.97 Å². The van der Waals surface area contributed by atoms with Gasteiger partial charge in [0.25, 0.3) is 0 Å². The molecule has 1 atom stereocenters. The molecule has 0 aliphatic carbocycles. The predicted octanol–water partition coefficient (Wildman–Crippen LogP) is 2.32. The first-order chi connectivity index (χ1) is 9.58. The van der Waals surface area contributed by atoms with Crippen LogP contribution in [0.5, 0.6) is 0 Å². The second kappa shape index (κ2) is 5.33. The van der Waals surface area contributed by atoms with Crippen molar-refractivity contribution in [3.63, 3.8) is 0 Å². The second-order valence-electron chi connectivity index (χ2n) is 4.09.